The number of carboxylic acid groups (broad SMARTS) is 1. The van der Waals surface area contributed by atoms with Crippen LogP contribution in [0.25, 0.3) is 10.8 Å². The van der Waals surface area contributed by atoms with Crippen LogP contribution >= 0.6 is 0 Å². The first kappa shape index (κ1) is 28.2. The van der Waals surface area contributed by atoms with Crippen molar-refractivity contribution >= 4 is 28.5 Å². The molecule has 0 aliphatic rings. The zero-order chi connectivity index (χ0) is 28.2. The normalized spacial score (nSPS) is 12.5. The lowest BCUT2D eigenvalue weighted by Gasteiger charge is -2.28. The highest BCUT2D eigenvalue weighted by atomic mass is 16.6. The van der Waals surface area contributed by atoms with E-state index in [0.29, 0.717) is 35.6 Å². The minimum atomic E-state index is -1.04. The maximum absolute atomic E-state index is 13.3. The number of aliphatic hydroxyl groups is 1. The van der Waals surface area contributed by atoms with Crippen LogP contribution in [0.2, 0.25) is 0 Å². The SMILES string of the molecule is O=C(O)/C=C/CC[C@@H](Oc1ccccc1)[C@H](OC(=O)Nc1cccc2ccccc12)c1ccc(OCCO)cc1. The third-order valence-corrected chi connectivity index (χ3v) is 6.08. The van der Waals surface area contributed by atoms with Crippen molar-refractivity contribution in [2.45, 2.75) is 25.0 Å². The number of anilines is 1. The third-order valence-electron chi connectivity index (χ3n) is 6.08. The summed E-state index contributed by atoms with van der Waals surface area (Å²) in [6.07, 6.45) is 1.21. The molecule has 0 aliphatic carbocycles. The first-order valence-corrected chi connectivity index (χ1v) is 12.9. The van der Waals surface area contributed by atoms with Crippen LogP contribution in [0.5, 0.6) is 11.5 Å². The number of carbonyl (C=O) groups is 2. The highest BCUT2D eigenvalue weighted by molar-refractivity contribution is 6.00. The Labute approximate surface area is 232 Å². The Morgan fingerprint density at radius 2 is 1.57 bits per heavy atom. The monoisotopic (exact) mass is 541 g/mol. The summed E-state index contributed by atoms with van der Waals surface area (Å²) in [6.45, 7) is 0.0427. The smallest absolute Gasteiger partial charge is 0.412 e. The standard InChI is InChI=1S/C32H31NO7/c34-21-22-38-25-19-17-24(18-20-25)31(29(15-6-7-16-30(35)36)39-26-11-2-1-3-12-26)40-32(37)33-28-14-8-10-23-9-4-5-13-27(23)28/h1-5,7-14,16-20,29,31,34H,6,15,21-22H2,(H,33,37)(H,35,36)/b16-7+/t29-,31-/m1/s1. The second-order valence-corrected chi connectivity index (χ2v) is 8.91. The Hall–Kier alpha value is -4.82. The number of amides is 1. The van der Waals surface area contributed by atoms with Crippen molar-refractivity contribution < 1.29 is 34.0 Å². The van der Waals surface area contributed by atoms with Crippen LogP contribution in [0.3, 0.4) is 0 Å². The molecule has 8 heteroatoms. The Morgan fingerprint density at radius 3 is 2.33 bits per heavy atom. The van der Waals surface area contributed by atoms with Crippen molar-refractivity contribution in [3.63, 3.8) is 0 Å². The van der Waals surface area contributed by atoms with Crippen molar-refractivity contribution in [1.82, 2.24) is 0 Å². The molecule has 4 rings (SSSR count). The summed E-state index contributed by atoms with van der Waals surface area (Å²) in [5.74, 6) is 0.101. The van der Waals surface area contributed by atoms with E-state index in [1.807, 2.05) is 54.6 Å². The predicted molar refractivity (Wildman–Crippen MR) is 153 cm³/mol. The molecule has 40 heavy (non-hydrogen) atoms. The van der Waals surface area contributed by atoms with Gasteiger partial charge in [-0.05, 0) is 54.1 Å². The number of ether oxygens (including phenoxy) is 3. The fraction of sp³-hybridized carbons (Fsp3) is 0.188. The van der Waals surface area contributed by atoms with Gasteiger partial charge in [-0.1, -0.05) is 72.8 Å². The van der Waals surface area contributed by atoms with E-state index in [1.54, 1.807) is 48.5 Å². The number of hydrogen-bond acceptors (Lipinski definition) is 6. The first-order valence-electron chi connectivity index (χ1n) is 12.9. The van der Waals surface area contributed by atoms with E-state index >= 15 is 0 Å². The molecule has 0 saturated carbocycles. The van der Waals surface area contributed by atoms with Crippen LogP contribution in [-0.2, 0) is 9.53 Å². The van der Waals surface area contributed by atoms with Crippen LogP contribution in [0.15, 0.2) is 109 Å². The van der Waals surface area contributed by atoms with E-state index in [0.717, 1.165) is 16.8 Å². The van der Waals surface area contributed by atoms with Gasteiger partial charge in [0, 0.05) is 11.5 Å². The van der Waals surface area contributed by atoms with Gasteiger partial charge in [-0.3, -0.25) is 5.32 Å². The number of carboxylic acids is 1. The zero-order valence-electron chi connectivity index (χ0n) is 21.8. The van der Waals surface area contributed by atoms with Crippen LogP contribution < -0.4 is 14.8 Å². The van der Waals surface area contributed by atoms with Crippen molar-refractivity contribution in [2.75, 3.05) is 18.5 Å². The fourth-order valence-corrected chi connectivity index (χ4v) is 4.26. The summed E-state index contributed by atoms with van der Waals surface area (Å²) in [5.41, 5.74) is 1.27. The average Bonchev–Trinajstić information content (AvgIpc) is 2.97. The molecule has 0 heterocycles. The molecule has 0 saturated heterocycles. The summed E-state index contributed by atoms with van der Waals surface area (Å²) < 4.78 is 17.8. The highest BCUT2D eigenvalue weighted by Gasteiger charge is 2.29. The van der Waals surface area contributed by atoms with Gasteiger partial charge >= 0.3 is 12.1 Å². The lowest BCUT2D eigenvalue weighted by molar-refractivity contribution is -0.131. The number of para-hydroxylation sites is 1. The average molecular weight is 542 g/mol. The Balaban J connectivity index is 1.63. The molecular weight excluding hydrogens is 510 g/mol. The van der Waals surface area contributed by atoms with Gasteiger partial charge in [-0.2, -0.15) is 0 Å². The molecule has 0 spiro atoms. The summed E-state index contributed by atoms with van der Waals surface area (Å²) in [6, 6.07) is 29.5. The van der Waals surface area contributed by atoms with Crippen molar-refractivity contribution in [2.24, 2.45) is 0 Å². The Kier molecular flexibility index (Phi) is 10.1. The molecule has 0 aromatic heterocycles. The lowest BCUT2D eigenvalue weighted by Crippen LogP contribution is -2.31. The molecule has 2 atom stereocenters. The number of fused-ring (bicyclic) bond motifs is 1. The Morgan fingerprint density at radius 1 is 0.850 bits per heavy atom. The van der Waals surface area contributed by atoms with Crippen LogP contribution in [0, 0.1) is 0 Å². The van der Waals surface area contributed by atoms with E-state index in [1.165, 1.54) is 0 Å². The summed E-state index contributed by atoms with van der Waals surface area (Å²) in [4.78, 5) is 24.3. The van der Waals surface area contributed by atoms with E-state index in [2.05, 4.69) is 5.32 Å². The minimum Gasteiger partial charge on any atom is -0.491 e. The fourth-order valence-electron chi connectivity index (χ4n) is 4.26. The summed E-state index contributed by atoms with van der Waals surface area (Å²) >= 11 is 0. The van der Waals surface area contributed by atoms with E-state index in [4.69, 9.17) is 24.4 Å². The number of hydrogen-bond donors (Lipinski definition) is 3. The lowest BCUT2D eigenvalue weighted by atomic mass is 10.00. The zero-order valence-corrected chi connectivity index (χ0v) is 21.8. The van der Waals surface area contributed by atoms with Crippen LogP contribution in [-0.4, -0.2) is 41.6 Å². The van der Waals surface area contributed by atoms with Gasteiger partial charge < -0.3 is 24.4 Å². The quantitative estimate of drug-likeness (QED) is 0.169. The second-order valence-electron chi connectivity index (χ2n) is 8.91. The number of aliphatic hydroxyl groups excluding tert-OH is 1. The highest BCUT2D eigenvalue weighted by Crippen LogP contribution is 2.31. The summed E-state index contributed by atoms with van der Waals surface area (Å²) in [5, 5.41) is 22.8. The van der Waals surface area contributed by atoms with Gasteiger partial charge in [0.2, 0.25) is 0 Å². The van der Waals surface area contributed by atoms with Gasteiger partial charge in [-0.15, -0.1) is 0 Å². The second kappa shape index (κ2) is 14.4. The molecule has 0 unspecified atom stereocenters. The molecule has 206 valence electrons. The maximum atomic E-state index is 13.3. The third kappa shape index (κ3) is 8.09. The molecule has 4 aromatic carbocycles. The number of allylic oxidation sites excluding steroid dienone is 1. The number of nitrogens with one attached hydrogen (secondary N) is 1. The van der Waals surface area contributed by atoms with E-state index in [-0.39, 0.29) is 13.2 Å². The van der Waals surface area contributed by atoms with E-state index in [9.17, 15) is 9.59 Å². The number of carbonyl (C=O) groups excluding carboxylic acids is 1. The van der Waals surface area contributed by atoms with Gasteiger partial charge in [-0.25, -0.2) is 9.59 Å². The first-order chi connectivity index (χ1) is 19.5. The molecule has 0 radical (unpaired) electrons. The van der Waals surface area contributed by atoms with Crippen LogP contribution in [0.1, 0.15) is 24.5 Å². The van der Waals surface area contributed by atoms with Crippen molar-refractivity contribution in [3.05, 3.63) is 115 Å². The molecule has 0 fully saturated rings. The predicted octanol–water partition coefficient (Wildman–Crippen LogP) is 6.37. The minimum absolute atomic E-state index is 0.112. The maximum Gasteiger partial charge on any atom is 0.412 e. The molecule has 0 aliphatic heterocycles. The molecule has 8 nitrogen and oxygen atoms in total. The van der Waals surface area contributed by atoms with Gasteiger partial charge in [0.25, 0.3) is 0 Å². The molecule has 3 N–H and O–H groups in total. The molecular formula is C32H31NO7. The summed E-state index contributed by atoms with van der Waals surface area (Å²) in [7, 11) is 0. The number of benzene rings is 4. The molecule has 1 amide bonds. The molecule has 4 aromatic rings. The van der Waals surface area contributed by atoms with Crippen molar-refractivity contribution in [3.8, 4) is 11.5 Å². The number of aliphatic carboxylic acids is 1. The van der Waals surface area contributed by atoms with Gasteiger partial charge in [0.15, 0.2) is 6.10 Å². The van der Waals surface area contributed by atoms with Gasteiger partial charge in [0.1, 0.15) is 24.2 Å². The van der Waals surface area contributed by atoms with Crippen molar-refractivity contribution in [1.29, 1.82) is 0 Å². The van der Waals surface area contributed by atoms with E-state index < -0.39 is 24.3 Å². The topological polar surface area (TPSA) is 114 Å². The number of rotatable bonds is 13. The molecule has 0 bridgehead atoms. The van der Waals surface area contributed by atoms with Crippen LogP contribution in [0.4, 0.5) is 10.5 Å². The Bertz CT molecular complexity index is 1420. The largest absolute Gasteiger partial charge is 0.491 e. The van der Waals surface area contributed by atoms with Gasteiger partial charge in [0.05, 0.1) is 12.3 Å².